The number of esters is 3. The zero-order chi connectivity index (χ0) is 35.8. The number of phenols is 1. The Balaban J connectivity index is 1.39. The third kappa shape index (κ3) is 6.66. The largest absolute Gasteiger partial charge is 0.506 e. The Morgan fingerprint density at radius 1 is 0.959 bits per heavy atom. The molecule has 18 nitrogen and oxygen atoms in total. The molecule has 2 unspecified atom stereocenters. The Bertz CT molecular complexity index is 2150. The zero-order valence-electron chi connectivity index (χ0n) is 24.8. The second-order valence-electron chi connectivity index (χ2n) is 10.3. The molecule has 0 fully saturated rings. The lowest BCUT2D eigenvalue weighted by molar-refractivity contribution is -0.147. The Morgan fingerprint density at radius 2 is 1.67 bits per heavy atom. The standard InChI is InChI=1S/C30H24N2O16S/c1-12-6-7-14(9-19(12)49(43,44)46-11-18(34)27-23(37)25(39)30(42)48-27)31-32-20-15-5-3-2-4-13(15)8-16(21(20)35)28(40)45-10-17(33)26-22(36)24(38)29(41)47-26/h2-9,17,26,33-39H,10-11H2,1H3/b27-18+,32-31+. The molecule has 2 atom stereocenters. The number of carbonyl (C=O) groups excluding carboxylic acids is 3. The number of nitrogens with zero attached hydrogens (tertiary/aromatic N) is 2. The molecular formula is C30H24N2O16S. The van der Waals surface area contributed by atoms with Gasteiger partial charge in [0, 0.05) is 5.39 Å². The molecule has 0 spiro atoms. The van der Waals surface area contributed by atoms with Crippen molar-refractivity contribution >= 4 is 50.2 Å². The molecule has 256 valence electrons. The molecule has 5 rings (SSSR count). The quantitative estimate of drug-likeness (QED) is 0.0524. The molecule has 0 radical (unpaired) electrons. The van der Waals surface area contributed by atoms with Crippen LogP contribution < -0.4 is 0 Å². The number of hydrogen-bond donors (Lipinski definition) is 7. The van der Waals surface area contributed by atoms with Crippen LogP contribution >= 0.6 is 0 Å². The van der Waals surface area contributed by atoms with Crippen molar-refractivity contribution in [1.29, 1.82) is 0 Å². The zero-order valence-corrected chi connectivity index (χ0v) is 25.6. The van der Waals surface area contributed by atoms with Crippen molar-refractivity contribution in [3.8, 4) is 5.75 Å². The van der Waals surface area contributed by atoms with E-state index in [0.29, 0.717) is 10.8 Å². The van der Waals surface area contributed by atoms with E-state index >= 15 is 0 Å². The molecule has 3 aromatic rings. The van der Waals surface area contributed by atoms with E-state index in [1.165, 1.54) is 25.1 Å². The SMILES string of the molecule is Cc1ccc(/N=N/c2c(O)c(C(=O)OCC(O)C3OC(=O)C(O)=C3O)cc3ccccc23)cc1S(=O)(=O)OC/C(O)=C1\OC(=O)C(O)=C1O. The third-order valence-electron chi connectivity index (χ3n) is 7.04. The number of fused-ring (bicyclic) bond motifs is 1. The summed E-state index contributed by atoms with van der Waals surface area (Å²) in [6, 6.07) is 11.4. The van der Waals surface area contributed by atoms with Crippen molar-refractivity contribution in [2.75, 3.05) is 13.2 Å². The Hall–Kier alpha value is -6.18. The fourth-order valence-corrected chi connectivity index (χ4v) is 5.63. The molecule has 2 heterocycles. The van der Waals surface area contributed by atoms with E-state index in [1.54, 1.807) is 24.3 Å². The first-order valence-electron chi connectivity index (χ1n) is 13.7. The highest BCUT2D eigenvalue weighted by molar-refractivity contribution is 7.86. The molecule has 0 bridgehead atoms. The summed E-state index contributed by atoms with van der Waals surface area (Å²) >= 11 is 0. The van der Waals surface area contributed by atoms with E-state index in [1.807, 2.05) is 0 Å². The molecule has 0 saturated carbocycles. The highest BCUT2D eigenvalue weighted by Crippen LogP contribution is 2.40. The van der Waals surface area contributed by atoms with E-state index in [4.69, 9.17) is 8.92 Å². The van der Waals surface area contributed by atoms with Crippen LogP contribution in [-0.2, 0) is 38.1 Å². The van der Waals surface area contributed by atoms with Gasteiger partial charge in [-0.2, -0.15) is 13.5 Å². The number of aryl methyl sites for hydroxylation is 1. The van der Waals surface area contributed by atoms with Crippen LogP contribution in [-0.4, -0.2) is 87.5 Å². The maximum Gasteiger partial charge on any atom is 0.383 e. The number of azo groups is 1. The number of cyclic esters (lactones) is 2. The van der Waals surface area contributed by atoms with E-state index in [2.05, 4.69) is 19.7 Å². The summed E-state index contributed by atoms with van der Waals surface area (Å²) in [4.78, 5) is 35.3. The summed E-state index contributed by atoms with van der Waals surface area (Å²) in [6.45, 7) is -0.511. The van der Waals surface area contributed by atoms with E-state index < -0.39 is 104 Å². The highest BCUT2D eigenvalue weighted by atomic mass is 32.2. The number of aromatic hydroxyl groups is 1. The summed E-state index contributed by atoms with van der Waals surface area (Å²) in [5.41, 5.74) is -0.568. The van der Waals surface area contributed by atoms with Gasteiger partial charge < -0.3 is 50.0 Å². The predicted molar refractivity (Wildman–Crippen MR) is 161 cm³/mol. The number of ether oxygens (including phenoxy) is 3. The van der Waals surface area contributed by atoms with Crippen LogP contribution in [0.1, 0.15) is 15.9 Å². The van der Waals surface area contributed by atoms with Crippen molar-refractivity contribution in [2.45, 2.75) is 24.0 Å². The normalized spacial score (nSPS) is 18.3. The lowest BCUT2D eigenvalue weighted by Gasteiger charge is -2.17. The summed E-state index contributed by atoms with van der Waals surface area (Å²) < 4.78 is 44.9. The maximum atomic E-state index is 13.0. The molecule has 0 amide bonds. The minimum absolute atomic E-state index is 0.0765. The number of aliphatic hydroxyl groups excluding tert-OH is 6. The van der Waals surface area contributed by atoms with Gasteiger partial charge >= 0.3 is 17.9 Å². The number of rotatable bonds is 10. The van der Waals surface area contributed by atoms with Crippen LogP contribution in [0.2, 0.25) is 0 Å². The number of benzene rings is 3. The molecule has 2 aliphatic rings. The number of hydrogen-bond acceptors (Lipinski definition) is 18. The summed E-state index contributed by atoms with van der Waals surface area (Å²) in [5, 5.41) is 78.3. The molecule has 19 heteroatoms. The van der Waals surface area contributed by atoms with Gasteiger partial charge in [0.2, 0.25) is 23.0 Å². The second kappa shape index (κ2) is 13.1. The average Bonchev–Trinajstić information content (AvgIpc) is 3.49. The van der Waals surface area contributed by atoms with Gasteiger partial charge in [-0.3, -0.25) is 4.18 Å². The van der Waals surface area contributed by atoms with Crippen LogP contribution in [0.15, 0.2) is 98.2 Å². The predicted octanol–water partition coefficient (Wildman–Crippen LogP) is 3.40. The highest BCUT2D eigenvalue weighted by Gasteiger charge is 2.40. The van der Waals surface area contributed by atoms with Gasteiger partial charge in [-0.05, 0) is 36.1 Å². The minimum Gasteiger partial charge on any atom is -0.506 e. The van der Waals surface area contributed by atoms with Crippen molar-refractivity contribution in [1.82, 2.24) is 0 Å². The monoisotopic (exact) mass is 700 g/mol. The average molecular weight is 701 g/mol. The van der Waals surface area contributed by atoms with Gasteiger partial charge in [-0.1, -0.05) is 30.3 Å². The fraction of sp³-hybridized carbons (Fsp3) is 0.167. The lowest BCUT2D eigenvalue weighted by Crippen LogP contribution is -2.33. The summed E-state index contributed by atoms with van der Waals surface area (Å²) in [6.07, 6.45) is -3.48. The maximum absolute atomic E-state index is 13.0. The first kappa shape index (κ1) is 34.2. The van der Waals surface area contributed by atoms with Crippen LogP contribution in [0.4, 0.5) is 11.4 Å². The number of carbonyl (C=O) groups is 3. The van der Waals surface area contributed by atoms with Crippen molar-refractivity contribution < 1.29 is 76.9 Å². The molecule has 2 aliphatic heterocycles. The van der Waals surface area contributed by atoms with Gasteiger partial charge in [0.1, 0.15) is 30.6 Å². The van der Waals surface area contributed by atoms with Crippen LogP contribution in [0.3, 0.4) is 0 Å². The van der Waals surface area contributed by atoms with Crippen LogP contribution in [0.5, 0.6) is 5.75 Å². The van der Waals surface area contributed by atoms with Gasteiger partial charge in [0.05, 0.1) is 10.6 Å². The van der Waals surface area contributed by atoms with Crippen LogP contribution in [0.25, 0.3) is 10.8 Å². The second-order valence-corrected chi connectivity index (χ2v) is 11.9. The van der Waals surface area contributed by atoms with Gasteiger partial charge in [-0.15, -0.1) is 5.11 Å². The van der Waals surface area contributed by atoms with Gasteiger partial charge in [-0.25, -0.2) is 14.4 Å². The molecule has 0 aromatic heterocycles. The smallest absolute Gasteiger partial charge is 0.383 e. The first-order valence-corrected chi connectivity index (χ1v) is 15.1. The van der Waals surface area contributed by atoms with Crippen molar-refractivity contribution in [3.05, 3.63) is 94.2 Å². The molecule has 3 aromatic carbocycles. The fourth-order valence-electron chi connectivity index (χ4n) is 4.51. The van der Waals surface area contributed by atoms with Gasteiger partial charge in [0.25, 0.3) is 10.1 Å². The molecule has 0 aliphatic carbocycles. The van der Waals surface area contributed by atoms with Gasteiger partial charge in [0.15, 0.2) is 23.4 Å². The van der Waals surface area contributed by atoms with Crippen LogP contribution in [0, 0.1) is 6.92 Å². The summed E-state index contributed by atoms with van der Waals surface area (Å²) in [7, 11) is -4.64. The first-order chi connectivity index (χ1) is 23.1. The molecule has 49 heavy (non-hydrogen) atoms. The Morgan fingerprint density at radius 3 is 2.33 bits per heavy atom. The number of aliphatic hydroxyl groups is 6. The summed E-state index contributed by atoms with van der Waals surface area (Å²) in [5.74, 6) is -10.8. The molecule has 0 saturated heterocycles. The topological polar surface area (TPSA) is 289 Å². The van der Waals surface area contributed by atoms with Crippen molar-refractivity contribution in [3.63, 3.8) is 0 Å². The van der Waals surface area contributed by atoms with E-state index in [9.17, 15) is 58.5 Å². The number of phenolic OH excluding ortho intramolecular Hbond substituents is 1. The van der Waals surface area contributed by atoms with E-state index in [0.717, 1.165) is 6.07 Å². The third-order valence-corrected chi connectivity index (χ3v) is 8.44. The van der Waals surface area contributed by atoms with Crippen molar-refractivity contribution in [2.24, 2.45) is 10.2 Å². The molecule has 7 N–H and O–H groups in total. The molecular weight excluding hydrogens is 676 g/mol. The van der Waals surface area contributed by atoms with E-state index in [-0.39, 0.29) is 16.9 Å². The Kier molecular flexibility index (Phi) is 9.16. The minimum atomic E-state index is -4.64. The Labute approximate surface area is 274 Å². The lowest BCUT2D eigenvalue weighted by atomic mass is 10.0.